The summed E-state index contributed by atoms with van der Waals surface area (Å²) in [5.41, 5.74) is 0.754. The smallest absolute Gasteiger partial charge is 0.410 e. The van der Waals surface area contributed by atoms with E-state index in [1.807, 2.05) is 26.8 Å². The molecule has 1 heterocycles. The number of ether oxygens (including phenoxy) is 2. The third-order valence-corrected chi connectivity index (χ3v) is 6.25. The lowest BCUT2D eigenvalue weighted by atomic mass is 9.86. The summed E-state index contributed by atoms with van der Waals surface area (Å²) < 4.78 is 50.6. The molecule has 1 aliphatic carbocycles. The molecule has 2 amide bonds. The molecule has 1 unspecified atom stereocenters. The Balaban J connectivity index is 1.46. The second kappa shape index (κ2) is 11.8. The molecule has 1 aromatic rings. The number of halogens is 3. The van der Waals surface area contributed by atoms with Gasteiger partial charge in [-0.2, -0.15) is 0 Å². The molecule has 194 valence electrons. The Morgan fingerprint density at radius 2 is 1.89 bits per heavy atom. The van der Waals surface area contributed by atoms with Crippen LogP contribution in [-0.4, -0.2) is 55.2 Å². The normalized spacial score (nSPS) is 19.3. The molecule has 2 aliphatic rings. The highest BCUT2D eigenvalue weighted by atomic mass is 19.3. The van der Waals surface area contributed by atoms with Gasteiger partial charge in [0.1, 0.15) is 17.2 Å². The molecule has 0 radical (unpaired) electrons. The second-order valence-corrected chi connectivity index (χ2v) is 10.2. The van der Waals surface area contributed by atoms with Gasteiger partial charge in [0.25, 0.3) is 6.43 Å². The zero-order chi connectivity index (χ0) is 25.6. The maximum Gasteiger partial charge on any atom is 0.410 e. The van der Waals surface area contributed by atoms with E-state index in [-0.39, 0.29) is 23.8 Å². The predicted molar refractivity (Wildman–Crippen MR) is 127 cm³/mol. The molecule has 9 heteroatoms. The van der Waals surface area contributed by atoms with Crippen molar-refractivity contribution in [2.45, 2.75) is 64.9 Å². The summed E-state index contributed by atoms with van der Waals surface area (Å²) in [7, 11) is 0. The van der Waals surface area contributed by atoms with E-state index in [9.17, 15) is 22.8 Å². The summed E-state index contributed by atoms with van der Waals surface area (Å²) in [5.74, 6) is -0.437. The highest BCUT2D eigenvalue weighted by Gasteiger charge is 2.27. The Bertz CT molecular complexity index is 922. The molecule has 1 atom stereocenters. The highest BCUT2D eigenvalue weighted by Crippen LogP contribution is 2.33. The van der Waals surface area contributed by atoms with Crippen LogP contribution in [0, 0.1) is 17.7 Å². The molecular weight excluding hydrogens is 461 g/mol. The minimum absolute atomic E-state index is 0.269. The van der Waals surface area contributed by atoms with Crippen LogP contribution < -0.4 is 10.1 Å². The van der Waals surface area contributed by atoms with Crippen molar-refractivity contribution in [2.75, 3.05) is 26.2 Å². The molecule has 1 fully saturated rings. The van der Waals surface area contributed by atoms with Crippen molar-refractivity contribution in [3.8, 4) is 5.75 Å². The van der Waals surface area contributed by atoms with E-state index in [2.05, 4.69) is 5.32 Å². The number of nitrogens with zero attached hydrogens (tertiary/aromatic N) is 1. The lowest BCUT2D eigenvalue weighted by Gasteiger charge is -2.33. The van der Waals surface area contributed by atoms with Gasteiger partial charge < -0.3 is 19.7 Å². The van der Waals surface area contributed by atoms with Gasteiger partial charge in [-0.25, -0.2) is 18.0 Å². The van der Waals surface area contributed by atoms with Crippen LogP contribution in [0.25, 0.3) is 5.57 Å². The first kappa shape index (κ1) is 26.9. The van der Waals surface area contributed by atoms with Gasteiger partial charge in [0.15, 0.2) is 0 Å². The van der Waals surface area contributed by atoms with Crippen molar-refractivity contribution < 1.29 is 32.2 Å². The van der Waals surface area contributed by atoms with Gasteiger partial charge in [-0.3, -0.25) is 4.79 Å². The fourth-order valence-corrected chi connectivity index (χ4v) is 4.31. The number of carbonyl (C=O) groups is 2. The average Bonchev–Trinajstić information content (AvgIpc) is 2.80. The van der Waals surface area contributed by atoms with Crippen molar-refractivity contribution in [3.63, 3.8) is 0 Å². The van der Waals surface area contributed by atoms with Crippen molar-refractivity contribution >= 4 is 17.6 Å². The molecule has 1 N–H and O–H groups in total. The third-order valence-electron chi connectivity index (χ3n) is 6.25. The first-order chi connectivity index (χ1) is 16.5. The number of hydrogen-bond donors (Lipinski definition) is 1. The molecule has 1 saturated heterocycles. The summed E-state index contributed by atoms with van der Waals surface area (Å²) in [6.07, 6.45) is 1.90. The number of likely N-dealkylation sites (tertiary alicyclic amines) is 1. The molecular formula is C26H35F3N2O4. The quantitative estimate of drug-likeness (QED) is 0.548. The van der Waals surface area contributed by atoms with Crippen LogP contribution in [0.4, 0.5) is 18.0 Å². The van der Waals surface area contributed by atoms with Crippen molar-refractivity contribution in [3.05, 3.63) is 35.7 Å². The van der Waals surface area contributed by atoms with E-state index >= 15 is 0 Å². The molecule has 0 bridgehead atoms. The molecule has 1 aliphatic heterocycles. The molecule has 35 heavy (non-hydrogen) atoms. The number of nitrogens with one attached hydrogen (secondary N) is 1. The van der Waals surface area contributed by atoms with E-state index < -0.39 is 24.4 Å². The van der Waals surface area contributed by atoms with Gasteiger partial charge in [-0.05, 0) is 76.5 Å². The van der Waals surface area contributed by atoms with Crippen LogP contribution in [-0.2, 0) is 9.53 Å². The number of benzene rings is 1. The number of amides is 2. The minimum Gasteiger partial charge on any atom is -0.493 e. The number of alkyl halides is 2. The van der Waals surface area contributed by atoms with Crippen LogP contribution in [0.3, 0.4) is 0 Å². The monoisotopic (exact) mass is 496 g/mol. The fourth-order valence-electron chi connectivity index (χ4n) is 4.31. The topological polar surface area (TPSA) is 67.9 Å². The van der Waals surface area contributed by atoms with E-state index in [1.165, 1.54) is 6.07 Å². The lowest BCUT2D eigenvalue weighted by Crippen LogP contribution is -2.42. The molecule has 0 aromatic heterocycles. The second-order valence-electron chi connectivity index (χ2n) is 10.2. The van der Waals surface area contributed by atoms with Gasteiger partial charge in [-0.15, -0.1) is 0 Å². The third kappa shape index (κ3) is 8.18. The number of carbonyl (C=O) groups excluding carboxylic acids is 2. The summed E-state index contributed by atoms with van der Waals surface area (Å²) >= 11 is 0. The van der Waals surface area contributed by atoms with Crippen LogP contribution in [0.1, 0.15) is 58.4 Å². The summed E-state index contributed by atoms with van der Waals surface area (Å²) in [6, 6.07) is 4.78. The summed E-state index contributed by atoms with van der Waals surface area (Å²) in [4.78, 5) is 25.9. The first-order valence-electron chi connectivity index (χ1n) is 12.2. The van der Waals surface area contributed by atoms with Crippen LogP contribution in [0.5, 0.6) is 5.75 Å². The van der Waals surface area contributed by atoms with E-state index in [0.717, 1.165) is 18.4 Å². The van der Waals surface area contributed by atoms with Crippen LogP contribution >= 0.6 is 0 Å². The first-order valence-corrected chi connectivity index (χ1v) is 12.2. The molecule has 1 aromatic carbocycles. The van der Waals surface area contributed by atoms with E-state index in [4.69, 9.17) is 9.47 Å². The Hall–Kier alpha value is -2.71. The molecule has 6 nitrogen and oxygen atoms in total. The maximum absolute atomic E-state index is 14.8. The largest absolute Gasteiger partial charge is 0.493 e. The number of hydrogen-bond acceptors (Lipinski definition) is 4. The zero-order valence-electron chi connectivity index (χ0n) is 20.6. The Morgan fingerprint density at radius 3 is 2.46 bits per heavy atom. The molecule has 3 rings (SSSR count). The number of allylic oxidation sites excluding steroid dienone is 2. The standard InChI is InChI=1S/C26H35F3N2O4/c1-26(2,3)35-25(33)31-12-10-17(11-13-31)16-34-20-8-9-21(22(27)14-20)18-4-6-19(7-5-18)24(32)30-15-23(28)29/h4,8-9,14,17,19,23H,5-7,10-13,15-16H2,1-3H3,(H,30,32). The van der Waals surface area contributed by atoms with Gasteiger partial charge >= 0.3 is 6.09 Å². The van der Waals surface area contributed by atoms with Crippen molar-refractivity contribution in [1.29, 1.82) is 0 Å². The van der Waals surface area contributed by atoms with Crippen molar-refractivity contribution in [1.82, 2.24) is 10.2 Å². The summed E-state index contributed by atoms with van der Waals surface area (Å²) in [6.45, 7) is 6.53. The van der Waals surface area contributed by atoms with E-state index in [0.29, 0.717) is 50.3 Å². The predicted octanol–water partition coefficient (Wildman–Crippen LogP) is 5.42. The van der Waals surface area contributed by atoms with Gasteiger partial charge in [-0.1, -0.05) is 6.08 Å². The summed E-state index contributed by atoms with van der Waals surface area (Å²) in [5, 5.41) is 2.25. The van der Waals surface area contributed by atoms with Gasteiger partial charge in [0.2, 0.25) is 5.91 Å². The molecule has 0 saturated carbocycles. The van der Waals surface area contributed by atoms with Gasteiger partial charge in [0.05, 0.1) is 13.2 Å². The maximum atomic E-state index is 14.8. The van der Waals surface area contributed by atoms with Crippen LogP contribution in [0.15, 0.2) is 24.3 Å². The Kier molecular flexibility index (Phi) is 9.08. The number of piperidine rings is 1. The van der Waals surface area contributed by atoms with Crippen LogP contribution in [0.2, 0.25) is 0 Å². The Labute approximate surface area is 204 Å². The highest BCUT2D eigenvalue weighted by molar-refractivity contribution is 5.80. The zero-order valence-corrected chi connectivity index (χ0v) is 20.6. The SMILES string of the molecule is CC(C)(C)OC(=O)N1CCC(COc2ccc(C3=CCC(C(=O)NCC(F)F)CC3)c(F)c2)CC1. The van der Waals surface area contributed by atoms with Crippen molar-refractivity contribution in [2.24, 2.45) is 11.8 Å². The molecule has 0 spiro atoms. The van der Waals surface area contributed by atoms with E-state index in [1.54, 1.807) is 17.0 Å². The minimum atomic E-state index is -2.58. The Morgan fingerprint density at radius 1 is 1.17 bits per heavy atom. The lowest BCUT2D eigenvalue weighted by molar-refractivity contribution is -0.125. The fraction of sp³-hybridized carbons (Fsp3) is 0.615. The van der Waals surface area contributed by atoms with Gasteiger partial charge in [0, 0.05) is 30.6 Å². The number of rotatable bonds is 7. The average molecular weight is 497 g/mol.